The monoisotopic (exact) mass is 629 g/mol. The summed E-state index contributed by atoms with van der Waals surface area (Å²) < 4.78 is 0.972. The Kier molecular flexibility index (Phi) is 6.28. The molecule has 8 rings (SSSR count). The van der Waals surface area contributed by atoms with Gasteiger partial charge >= 0.3 is 0 Å². The van der Waals surface area contributed by atoms with Crippen molar-refractivity contribution in [1.82, 2.24) is 15.0 Å². The first-order valence-electron chi connectivity index (χ1n) is 14.8. The van der Waals surface area contributed by atoms with Gasteiger partial charge in [-0.1, -0.05) is 139 Å². The fraction of sp³-hybridized carbons (Fsp3) is 0.0750. The lowest BCUT2D eigenvalue weighted by atomic mass is 9.80. The van der Waals surface area contributed by atoms with E-state index < -0.39 is 0 Å². The van der Waals surface area contributed by atoms with Crippen LogP contribution < -0.4 is 0 Å². The van der Waals surface area contributed by atoms with Crippen molar-refractivity contribution < 1.29 is 0 Å². The minimum atomic E-state index is -0.108. The second kappa shape index (κ2) is 10.4. The first-order valence-corrected chi connectivity index (χ1v) is 15.6. The van der Waals surface area contributed by atoms with E-state index >= 15 is 0 Å². The highest BCUT2D eigenvalue weighted by Crippen LogP contribution is 2.53. The van der Waals surface area contributed by atoms with Gasteiger partial charge in [-0.25, -0.2) is 15.0 Å². The number of halogens is 1. The first kappa shape index (κ1) is 26.7. The summed E-state index contributed by atoms with van der Waals surface area (Å²) in [5, 5.41) is 2.51. The van der Waals surface area contributed by atoms with E-state index in [0.717, 1.165) is 26.7 Å². The molecule has 0 aliphatic heterocycles. The van der Waals surface area contributed by atoms with Crippen molar-refractivity contribution in [2.45, 2.75) is 19.3 Å². The molecule has 0 saturated carbocycles. The molecule has 3 nitrogen and oxygen atoms in total. The molecular formula is C40H28BrN3. The predicted octanol–water partition coefficient (Wildman–Crippen LogP) is 10.8. The average molecular weight is 631 g/mol. The molecule has 0 spiro atoms. The van der Waals surface area contributed by atoms with E-state index in [1.807, 2.05) is 60.7 Å². The van der Waals surface area contributed by atoms with Crippen LogP contribution in [-0.4, -0.2) is 15.0 Å². The largest absolute Gasteiger partial charge is 0.208 e. The summed E-state index contributed by atoms with van der Waals surface area (Å²) in [7, 11) is 0. The van der Waals surface area contributed by atoms with Gasteiger partial charge in [0.1, 0.15) is 0 Å². The molecule has 4 heteroatoms. The zero-order valence-corrected chi connectivity index (χ0v) is 26.0. The second-order valence-electron chi connectivity index (χ2n) is 11.8. The van der Waals surface area contributed by atoms with E-state index in [-0.39, 0.29) is 5.41 Å². The third-order valence-electron chi connectivity index (χ3n) is 8.75. The van der Waals surface area contributed by atoms with Crippen molar-refractivity contribution in [3.05, 3.63) is 149 Å². The molecule has 44 heavy (non-hydrogen) atoms. The quantitative estimate of drug-likeness (QED) is 0.194. The van der Waals surface area contributed by atoms with Crippen LogP contribution in [0.5, 0.6) is 0 Å². The molecule has 1 heterocycles. The molecule has 1 aliphatic rings. The molecule has 0 radical (unpaired) electrons. The van der Waals surface area contributed by atoms with Crippen molar-refractivity contribution in [2.75, 3.05) is 0 Å². The molecule has 1 aromatic heterocycles. The van der Waals surface area contributed by atoms with E-state index in [1.165, 1.54) is 38.6 Å². The maximum Gasteiger partial charge on any atom is 0.164 e. The van der Waals surface area contributed by atoms with Gasteiger partial charge in [-0.15, -0.1) is 0 Å². The van der Waals surface area contributed by atoms with Crippen LogP contribution in [0.1, 0.15) is 25.0 Å². The maximum atomic E-state index is 5.00. The van der Waals surface area contributed by atoms with Gasteiger partial charge in [-0.2, -0.15) is 0 Å². The molecule has 0 fully saturated rings. The normalized spacial score (nSPS) is 13.1. The Morgan fingerprint density at radius 2 is 0.977 bits per heavy atom. The average Bonchev–Trinajstić information content (AvgIpc) is 3.31. The van der Waals surface area contributed by atoms with Crippen LogP contribution >= 0.6 is 15.9 Å². The van der Waals surface area contributed by atoms with Crippen molar-refractivity contribution in [3.8, 4) is 56.4 Å². The number of hydrogen-bond acceptors (Lipinski definition) is 3. The second-order valence-corrected chi connectivity index (χ2v) is 12.7. The molecule has 0 N–H and O–H groups in total. The van der Waals surface area contributed by atoms with Gasteiger partial charge in [-0.3, -0.25) is 0 Å². The summed E-state index contributed by atoms with van der Waals surface area (Å²) in [6.07, 6.45) is 0. The highest BCUT2D eigenvalue weighted by molar-refractivity contribution is 9.10. The Hall–Kier alpha value is -4.93. The number of nitrogens with zero attached hydrogens (tertiary/aromatic N) is 3. The smallest absolute Gasteiger partial charge is 0.164 e. The molecule has 210 valence electrons. The van der Waals surface area contributed by atoms with E-state index in [2.05, 4.69) is 103 Å². The minimum Gasteiger partial charge on any atom is -0.208 e. The van der Waals surface area contributed by atoms with Gasteiger partial charge in [0, 0.05) is 26.6 Å². The van der Waals surface area contributed by atoms with Crippen LogP contribution in [-0.2, 0) is 5.41 Å². The molecule has 0 atom stereocenters. The SMILES string of the molecule is CC1(C)c2ccccc2-c2c1cc(-c1cc(Br)cc(-c3nc(-c4ccccc4)nc(-c4ccccc4)n3)c1)c1ccccc21. The van der Waals surface area contributed by atoms with Crippen molar-refractivity contribution >= 4 is 26.7 Å². The van der Waals surface area contributed by atoms with Gasteiger partial charge in [0.2, 0.25) is 0 Å². The van der Waals surface area contributed by atoms with Crippen molar-refractivity contribution in [2.24, 2.45) is 0 Å². The fourth-order valence-corrected chi connectivity index (χ4v) is 7.09. The topological polar surface area (TPSA) is 38.7 Å². The van der Waals surface area contributed by atoms with Crippen molar-refractivity contribution in [1.29, 1.82) is 0 Å². The van der Waals surface area contributed by atoms with Gasteiger partial charge in [0.25, 0.3) is 0 Å². The maximum absolute atomic E-state index is 5.00. The lowest BCUT2D eigenvalue weighted by molar-refractivity contribution is 0.661. The number of rotatable bonds is 4. The van der Waals surface area contributed by atoms with Gasteiger partial charge in [0.15, 0.2) is 17.5 Å². The van der Waals surface area contributed by atoms with Crippen LogP contribution in [0.4, 0.5) is 0 Å². The molecule has 7 aromatic rings. The highest BCUT2D eigenvalue weighted by Gasteiger charge is 2.37. The molecule has 0 unspecified atom stereocenters. The van der Waals surface area contributed by atoms with Crippen LogP contribution in [0.2, 0.25) is 0 Å². The van der Waals surface area contributed by atoms with Crippen LogP contribution in [0.15, 0.2) is 138 Å². The fourth-order valence-electron chi connectivity index (χ4n) is 6.60. The summed E-state index contributed by atoms with van der Waals surface area (Å²) in [5.74, 6) is 1.94. The zero-order valence-electron chi connectivity index (χ0n) is 24.4. The Labute approximate surface area is 265 Å². The third kappa shape index (κ3) is 4.37. The summed E-state index contributed by atoms with van der Waals surface area (Å²) in [4.78, 5) is 14.9. The Morgan fingerprint density at radius 3 is 1.64 bits per heavy atom. The number of fused-ring (bicyclic) bond motifs is 5. The predicted molar refractivity (Wildman–Crippen MR) is 184 cm³/mol. The van der Waals surface area contributed by atoms with E-state index in [1.54, 1.807) is 0 Å². The number of benzene rings is 6. The van der Waals surface area contributed by atoms with Crippen molar-refractivity contribution in [3.63, 3.8) is 0 Å². The summed E-state index contributed by atoms with van der Waals surface area (Å²) >= 11 is 3.84. The molecule has 0 bridgehead atoms. The molecule has 0 amide bonds. The third-order valence-corrected chi connectivity index (χ3v) is 9.21. The molecule has 1 aliphatic carbocycles. The molecule has 0 saturated heterocycles. The Morgan fingerprint density at radius 1 is 0.455 bits per heavy atom. The van der Waals surface area contributed by atoms with Gasteiger partial charge in [-0.05, 0) is 68.4 Å². The first-order chi connectivity index (χ1) is 21.5. The lowest BCUT2D eigenvalue weighted by Crippen LogP contribution is -2.15. The van der Waals surface area contributed by atoms with Crippen LogP contribution in [0.3, 0.4) is 0 Å². The van der Waals surface area contributed by atoms with E-state index in [4.69, 9.17) is 15.0 Å². The molecular weight excluding hydrogens is 602 g/mol. The highest BCUT2D eigenvalue weighted by atomic mass is 79.9. The number of aromatic nitrogens is 3. The standard InChI is InChI=1S/C40H28BrN3/c1-40(2)34-20-12-11-19-32(34)36-31-18-10-9-17-30(31)33(24-35(36)40)27-21-28(23-29(41)22-27)39-43-37(25-13-5-3-6-14-25)42-38(44-39)26-15-7-4-8-16-26/h3-24H,1-2H3. The van der Waals surface area contributed by atoms with E-state index in [0.29, 0.717) is 17.5 Å². The van der Waals surface area contributed by atoms with E-state index in [9.17, 15) is 0 Å². The van der Waals surface area contributed by atoms with Crippen LogP contribution in [0.25, 0.3) is 67.2 Å². The minimum absolute atomic E-state index is 0.108. The summed E-state index contributed by atoms with van der Waals surface area (Å²) in [6.45, 7) is 4.67. The Bertz CT molecular complexity index is 2150. The van der Waals surface area contributed by atoms with Gasteiger partial charge < -0.3 is 0 Å². The van der Waals surface area contributed by atoms with Gasteiger partial charge in [0.05, 0.1) is 0 Å². The summed E-state index contributed by atoms with van der Waals surface area (Å²) in [6, 6.07) is 46.7. The molecule has 6 aromatic carbocycles. The zero-order chi connectivity index (χ0) is 29.8. The summed E-state index contributed by atoms with van der Waals surface area (Å²) in [5.41, 5.74) is 10.4. The number of hydrogen-bond donors (Lipinski definition) is 0. The Balaban J connectivity index is 1.35. The lowest BCUT2D eigenvalue weighted by Gasteiger charge is -2.23. The van der Waals surface area contributed by atoms with Crippen LogP contribution in [0, 0.1) is 0 Å².